The highest BCUT2D eigenvalue weighted by Crippen LogP contribution is 2.23. The van der Waals surface area contributed by atoms with Gasteiger partial charge >= 0.3 is 0 Å². The molecular weight excluding hydrogens is 406 g/mol. The van der Waals surface area contributed by atoms with Gasteiger partial charge in [-0.1, -0.05) is 42.1 Å². The predicted molar refractivity (Wildman–Crippen MR) is 128 cm³/mol. The first-order valence-corrected chi connectivity index (χ1v) is 11.4. The molecule has 0 atom stereocenters. The fourth-order valence-corrected chi connectivity index (χ4v) is 4.27. The summed E-state index contributed by atoms with van der Waals surface area (Å²) in [6, 6.07) is 18.5. The van der Waals surface area contributed by atoms with Crippen molar-refractivity contribution in [3.8, 4) is 0 Å². The van der Waals surface area contributed by atoms with Crippen LogP contribution in [0.15, 0.2) is 66.0 Å². The third-order valence-electron chi connectivity index (χ3n) is 5.37. The Morgan fingerprint density at radius 1 is 0.968 bits per heavy atom. The molecule has 0 aliphatic carbocycles. The Labute approximate surface area is 187 Å². The van der Waals surface area contributed by atoms with Crippen molar-refractivity contribution in [2.45, 2.75) is 18.9 Å². The predicted octanol–water partition coefficient (Wildman–Crippen LogP) is 4.15. The normalized spacial score (nSPS) is 13.9. The summed E-state index contributed by atoms with van der Waals surface area (Å²) in [5, 5.41) is 3.81. The molecule has 1 N–H and O–H groups in total. The number of para-hydroxylation sites is 1. The van der Waals surface area contributed by atoms with Crippen LogP contribution in [0.3, 0.4) is 0 Å². The second kappa shape index (κ2) is 9.83. The summed E-state index contributed by atoms with van der Waals surface area (Å²) in [5.74, 6) is 1.20. The molecule has 31 heavy (non-hydrogen) atoms. The van der Waals surface area contributed by atoms with Gasteiger partial charge in [0, 0.05) is 43.6 Å². The lowest BCUT2D eigenvalue weighted by Gasteiger charge is -2.36. The number of hydrogen-bond acceptors (Lipinski definition) is 6. The summed E-state index contributed by atoms with van der Waals surface area (Å²) < 4.78 is 0. The third kappa shape index (κ3) is 5.55. The molecule has 160 valence electrons. The quantitative estimate of drug-likeness (QED) is 0.465. The zero-order chi connectivity index (χ0) is 21.6. The molecule has 1 fully saturated rings. The highest BCUT2D eigenvalue weighted by atomic mass is 32.2. The molecule has 6 nitrogen and oxygen atoms in total. The molecule has 0 bridgehead atoms. The van der Waals surface area contributed by atoms with E-state index in [0.29, 0.717) is 5.75 Å². The molecule has 2 heterocycles. The molecule has 0 spiro atoms. The monoisotopic (exact) mass is 433 g/mol. The number of carbonyl (C=O) groups excluding carboxylic acids is 1. The maximum Gasteiger partial charge on any atom is 0.234 e. The molecule has 0 unspecified atom stereocenters. The average Bonchev–Trinajstić information content (AvgIpc) is 2.81. The van der Waals surface area contributed by atoms with E-state index in [1.54, 1.807) is 6.33 Å². The van der Waals surface area contributed by atoms with Gasteiger partial charge < -0.3 is 15.1 Å². The molecule has 0 saturated carbocycles. The van der Waals surface area contributed by atoms with Crippen LogP contribution in [-0.4, -0.2) is 47.8 Å². The van der Waals surface area contributed by atoms with Crippen LogP contribution in [0, 0.1) is 13.8 Å². The van der Waals surface area contributed by atoms with E-state index < -0.39 is 0 Å². The number of aryl methyl sites for hydroxylation is 2. The smallest absolute Gasteiger partial charge is 0.234 e. The number of amides is 1. The summed E-state index contributed by atoms with van der Waals surface area (Å²) in [6.07, 6.45) is 1.59. The lowest BCUT2D eigenvalue weighted by molar-refractivity contribution is -0.113. The molecule has 1 aliphatic heterocycles. The van der Waals surface area contributed by atoms with Gasteiger partial charge in [-0.25, -0.2) is 9.97 Å². The molecule has 1 aromatic heterocycles. The van der Waals surface area contributed by atoms with Gasteiger partial charge in [0.1, 0.15) is 17.2 Å². The zero-order valence-corrected chi connectivity index (χ0v) is 18.7. The fraction of sp³-hybridized carbons (Fsp3) is 0.292. The summed E-state index contributed by atoms with van der Waals surface area (Å²) in [6.45, 7) is 7.73. The number of nitrogens with zero attached hydrogens (tertiary/aromatic N) is 4. The van der Waals surface area contributed by atoms with Gasteiger partial charge in [0.05, 0.1) is 5.75 Å². The number of aromatic nitrogens is 2. The van der Waals surface area contributed by atoms with Crippen LogP contribution in [-0.2, 0) is 4.79 Å². The van der Waals surface area contributed by atoms with Crippen LogP contribution >= 0.6 is 11.8 Å². The van der Waals surface area contributed by atoms with Crippen molar-refractivity contribution in [2.24, 2.45) is 0 Å². The van der Waals surface area contributed by atoms with E-state index in [-0.39, 0.29) is 5.91 Å². The van der Waals surface area contributed by atoms with Gasteiger partial charge in [-0.3, -0.25) is 4.79 Å². The SMILES string of the molecule is Cc1ccc(C)c(NC(=O)CSc2cc(N3CCN(c4ccccc4)CC3)ncn2)c1. The van der Waals surface area contributed by atoms with E-state index in [9.17, 15) is 4.79 Å². The first kappa shape index (κ1) is 21.2. The van der Waals surface area contributed by atoms with E-state index in [0.717, 1.165) is 53.8 Å². The second-order valence-corrected chi connectivity index (χ2v) is 8.67. The van der Waals surface area contributed by atoms with Crippen LogP contribution < -0.4 is 15.1 Å². The fourth-order valence-electron chi connectivity index (χ4n) is 3.61. The number of benzene rings is 2. The molecule has 1 amide bonds. The van der Waals surface area contributed by atoms with Gasteiger partial charge in [0.15, 0.2) is 0 Å². The summed E-state index contributed by atoms with van der Waals surface area (Å²) in [5.41, 5.74) is 4.31. The van der Waals surface area contributed by atoms with Gasteiger partial charge in [0.25, 0.3) is 0 Å². The van der Waals surface area contributed by atoms with E-state index in [4.69, 9.17) is 0 Å². The van der Waals surface area contributed by atoms with Crippen molar-refractivity contribution in [3.63, 3.8) is 0 Å². The molecular formula is C24H27N5OS. The van der Waals surface area contributed by atoms with Crippen molar-refractivity contribution in [2.75, 3.05) is 47.0 Å². The van der Waals surface area contributed by atoms with Gasteiger partial charge in [0.2, 0.25) is 5.91 Å². The maximum absolute atomic E-state index is 12.4. The first-order chi connectivity index (χ1) is 15.1. The van der Waals surface area contributed by atoms with Crippen LogP contribution in [0.5, 0.6) is 0 Å². The summed E-state index contributed by atoms with van der Waals surface area (Å²) >= 11 is 1.43. The van der Waals surface area contributed by atoms with Gasteiger partial charge in [-0.05, 0) is 43.2 Å². The minimum Gasteiger partial charge on any atom is -0.368 e. The Bertz CT molecular complexity index is 1040. The molecule has 0 radical (unpaired) electrons. The Balaban J connectivity index is 1.31. The van der Waals surface area contributed by atoms with Gasteiger partial charge in [-0.2, -0.15) is 0 Å². The molecule has 1 aliphatic rings. The molecule has 4 rings (SSSR count). The Hall–Kier alpha value is -3.06. The minimum atomic E-state index is -0.0321. The van der Waals surface area contributed by atoms with Gasteiger partial charge in [-0.15, -0.1) is 0 Å². The number of piperazine rings is 1. The minimum absolute atomic E-state index is 0.0321. The number of thioether (sulfide) groups is 1. The summed E-state index contributed by atoms with van der Waals surface area (Å²) in [7, 11) is 0. The molecule has 3 aromatic rings. The van der Waals surface area contributed by atoms with Crippen LogP contribution in [0.2, 0.25) is 0 Å². The second-order valence-electron chi connectivity index (χ2n) is 7.68. The number of rotatable bonds is 6. The Kier molecular flexibility index (Phi) is 6.72. The van der Waals surface area contributed by atoms with E-state index in [1.165, 1.54) is 17.4 Å². The van der Waals surface area contributed by atoms with Crippen molar-refractivity contribution in [1.82, 2.24) is 9.97 Å². The average molecular weight is 434 g/mol. The number of carbonyl (C=O) groups is 1. The van der Waals surface area contributed by atoms with Crippen LogP contribution in [0.4, 0.5) is 17.2 Å². The van der Waals surface area contributed by atoms with Crippen molar-refractivity contribution in [3.05, 3.63) is 72.1 Å². The van der Waals surface area contributed by atoms with Crippen LogP contribution in [0.25, 0.3) is 0 Å². The third-order valence-corrected chi connectivity index (χ3v) is 6.30. The summed E-state index contributed by atoms with van der Waals surface area (Å²) in [4.78, 5) is 25.9. The van der Waals surface area contributed by atoms with Crippen LogP contribution in [0.1, 0.15) is 11.1 Å². The highest BCUT2D eigenvalue weighted by molar-refractivity contribution is 7.99. The number of anilines is 3. The van der Waals surface area contributed by atoms with E-state index >= 15 is 0 Å². The first-order valence-electron chi connectivity index (χ1n) is 10.5. The Morgan fingerprint density at radius 3 is 2.48 bits per heavy atom. The number of nitrogens with one attached hydrogen (secondary N) is 1. The van der Waals surface area contributed by atoms with Crippen molar-refractivity contribution in [1.29, 1.82) is 0 Å². The molecule has 1 saturated heterocycles. The topological polar surface area (TPSA) is 61.4 Å². The zero-order valence-electron chi connectivity index (χ0n) is 17.9. The molecule has 2 aromatic carbocycles. The van der Waals surface area contributed by atoms with Crippen molar-refractivity contribution >= 4 is 34.9 Å². The lowest BCUT2D eigenvalue weighted by atomic mass is 10.1. The maximum atomic E-state index is 12.4. The largest absolute Gasteiger partial charge is 0.368 e. The van der Waals surface area contributed by atoms with Crippen molar-refractivity contribution < 1.29 is 4.79 Å². The Morgan fingerprint density at radius 2 is 1.71 bits per heavy atom. The standard InChI is InChI=1S/C24H27N5OS/c1-18-8-9-19(2)21(14-18)27-23(30)16-31-24-15-22(25-17-26-24)29-12-10-28(11-13-29)20-6-4-3-5-7-20/h3-9,14-15,17H,10-13,16H2,1-2H3,(H,27,30). The number of hydrogen-bond donors (Lipinski definition) is 1. The molecule has 7 heteroatoms. The van der Waals surface area contributed by atoms with E-state index in [2.05, 4.69) is 49.4 Å². The van der Waals surface area contributed by atoms with E-state index in [1.807, 2.05) is 44.2 Å². The highest BCUT2D eigenvalue weighted by Gasteiger charge is 2.19. The lowest BCUT2D eigenvalue weighted by Crippen LogP contribution is -2.46.